The maximum atomic E-state index is 12.9. The molecule has 1 aromatic carbocycles. The van der Waals surface area contributed by atoms with Crippen LogP contribution in [-0.2, 0) is 11.3 Å². The number of rotatable bonds is 7. The minimum absolute atomic E-state index is 0.186. The highest BCUT2D eigenvalue weighted by Crippen LogP contribution is 2.38. The zero-order chi connectivity index (χ0) is 17.8. The van der Waals surface area contributed by atoms with Crippen LogP contribution in [0.25, 0.3) is 0 Å². The molecule has 0 spiro atoms. The summed E-state index contributed by atoms with van der Waals surface area (Å²) in [4.78, 5) is 23.9. The first-order valence-corrected chi connectivity index (χ1v) is 8.31. The van der Waals surface area contributed by atoms with Crippen LogP contribution in [-0.4, -0.2) is 28.3 Å². The summed E-state index contributed by atoms with van der Waals surface area (Å²) in [7, 11) is 0. The van der Waals surface area contributed by atoms with Crippen molar-refractivity contribution in [3.05, 3.63) is 58.3 Å². The molecule has 1 N–H and O–H groups in total. The van der Waals surface area contributed by atoms with Crippen LogP contribution in [0.1, 0.15) is 31.4 Å². The molecule has 0 unspecified atom stereocenters. The number of carbonyl (C=O) groups excluding carboxylic acids is 1. The summed E-state index contributed by atoms with van der Waals surface area (Å²) in [6.07, 6.45) is 1.49. The third-order valence-corrected chi connectivity index (χ3v) is 4.00. The number of nitrogens with zero attached hydrogens (tertiary/aromatic N) is 2. The second-order valence-corrected chi connectivity index (χ2v) is 6.10. The second kappa shape index (κ2) is 7.46. The minimum Gasteiger partial charge on any atom is -0.481 e. The zero-order valence-electron chi connectivity index (χ0n) is 13.9. The lowest BCUT2D eigenvalue weighted by molar-refractivity contribution is -0.127. The maximum Gasteiger partial charge on any atom is 0.266 e. The average Bonchev–Trinajstić information content (AvgIpc) is 3.43. The van der Waals surface area contributed by atoms with Gasteiger partial charge in [0.25, 0.3) is 11.5 Å². The van der Waals surface area contributed by atoms with Gasteiger partial charge in [0.05, 0.1) is 12.2 Å². The number of hydrogen-bond acceptors (Lipinski definition) is 4. The lowest BCUT2D eigenvalue weighted by Gasteiger charge is -2.15. The Morgan fingerprint density at radius 2 is 2.04 bits per heavy atom. The van der Waals surface area contributed by atoms with Crippen LogP contribution in [0.5, 0.6) is 5.75 Å². The molecule has 1 atom stereocenters. The molecule has 1 saturated carbocycles. The van der Waals surface area contributed by atoms with E-state index >= 15 is 0 Å². The van der Waals surface area contributed by atoms with E-state index in [1.165, 1.54) is 35.0 Å². The standard InChI is InChI=1S/C18H20FN3O3/c1-12(25-15-6-4-14(19)5-7-15)18(24)20-10-11-22-17(23)9-8-16(21-22)13-2-3-13/h4-9,12-13H,2-3,10-11H2,1H3,(H,20,24)/t12-/m1/s1. The Hall–Kier alpha value is -2.70. The van der Waals surface area contributed by atoms with Crippen LogP contribution in [0, 0.1) is 5.82 Å². The van der Waals surface area contributed by atoms with E-state index in [0.29, 0.717) is 18.2 Å². The van der Waals surface area contributed by atoms with Crippen LogP contribution in [0.15, 0.2) is 41.2 Å². The van der Waals surface area contributed by atoms with E-state index in [-0.39, 0.29) is 23.8 Å². The Morgan fingerprint density at radius 1 is 1.32 bits per heavy atom. The second-order valence-electron chi connectivity index (χ2n) is 6.10. The van der Waals surface area contributed by atoms with Gasteiger partial charge in [0.2, 0.25) is 0 Å². The number of hydrogen-bond donors (Lipinski definition) is 1. The SMILES string of the molecule is C[C@@H](Oc1ccc(F)cc1)C(=O)NCCn1nc(C2CC2)ccc1=O. The molecule has 0 radical (unpaired) electrons. The highest BCUT2D eigenvalue weighted by Gasteiger charge is 2.25. The van der Waals surface area contributed by atoms with Crippen molar-refractivity contribution in [2.24, 2.45) is 0 Å². The van der Waals surface area contributed by atoms with Crippen LogP contribution in [0.3, 0.4) is 0 Å². The first-order chi connectivity index (χ1) is 12.0. The van der Waals surface area contributed by atoms with Crippen molar-refractivity contribution < 1.29 is 13.9 Å². The fourth-order valence-electron chi connectivity index (χ4n) is 2.42. The smallest absolute Gasteiger partial charge is 0.266 e. The van der Waals surface area contributed by atoms with E-state index < -0.39 is 6.10 Å². The Morgan fingerprint density at radius 3 is 2.72 bits per heavy atom. The van der Waals surface area contributed by atoms with Gasteiger partial charge in [-0.2, -0.15) is 5.10 Å². The Labute approximate surface area is 144 Å². The molecule has 0 bridgehead atoms. The van der Waals surface area contributed by atoms with Crippen molar-refractivity contribution >= 4 is 5.91 Å². The van der Waals surface area contributed by atoms with Gasteiger partial charge in [-0.1, -0.05) is 0 Å². The molecule has 1 aliphatic rings. The molecule has 3 rings (SSSR count). The highest BCUT2D eigenvalue weighted by atomic mass is 19.1. The predicted molar refractivity (Wildman–Crippen MR) is 90.0 cm³/mol. The topological polar surface area (TPSA) is 73.2 Å². The molecule has 25 heavy (non-hydrogen) atoms. The van der Waals surface area contributed by atoms with Gasteiger partial charge >= 0.3 is 0 Å². The number of benzene rings is 1. The molecule has 1 aliphatic carbocycles. The lowest BCUT2D eigenvalue weighted by Crippen LogP contribution is -2.39. The zero-order valence-corrected chi connectivity index (χ0v) is 13.9. The number of nitrogens with one attached hydrogen (secondary N) is 1. The van der Waals surface area contributed by atoms with Gasteiger partial charge in [-0.15, -0.1) is 0 Å². The summed E-state index contributed by atoms with van der Waals surface area (Å²) in [5, 5.41) is 7.05. The fraction of sp³-hybridized carbons (Fsp3) is 0.389. The summed E-state index contributed by atoms with van der Waals surface area (Å²) in [5.41, 5.74) is 0.744. The van der Waals surface area contributed by atoms with Crippen LogP contribution in [0.4, 0.5) is 4.39 Å². The van der Waals surface area contributed by atoms with Gasteiger partial charge in [0.15, 0.2) is 6.10 Å². The molecule has 0 aliphatic heterocycles. The van der Waals surface area contributed by atoms with Gasteiger partial charge in [-0.3, -0.25) is 9.59 Å². The van der Waals surface area contributed by atoms with Gasteiger partial charge in [0.1, 0.15) is 11.6 Å². The molecule has 1 aromatic heterocycles. The minimum atomic E-state index is -0.729. The van der Waals surface area contributed by atoms with Crippen LogP contribution < -0.4 is 15.6 Å². The van der Waals surface area contributed by atoms with E-state index in [2.05, 4.69) is 10.4 Å². The lowest BCUT2D eigenvalue weighted by atomic mass is 10.3. The predicted octanol–water partition coefficient (Wildman–Crippen LogP) is 1.84. The van der Waals surface area contributed by atoms with E-state index in [4.69, 9.17) is 4.74 Å². The summed E-state index contributed by atoms with van der Waals surface area (Å²) in [6, 6.07) is 8.75. The summed E-state index contributed by atoms with van der Waals surface area (Å²) < 4.78 is 19.7. The molecule has 1 amide bonds. The normalized spacial score (nSPS) is 14.8. The van der Waals surface area contributed by atoms with Crippen molar-refractivity contribution in [1.29, 1.82) is 0 Å². The van der Waals surface area contributed by atoms with E-state index in [9.17, 15) is 14.0 Å². The number of aromatic nitrogens is 2. The molecule has 2 aromatic rings. The van der Waals surface area contributed by atoms with Gasteiger partial charge in [0, 0.05) is 18.5 Å². The van der Waals surface area contributed by atoms with Crippen LogP contribution in [0.2, 0.25) is 0 Å². The molecular weight excluding hydrogens is 325 g/mol. The largest absolute Gasteiger partial charge is 0.481 e. The Bertz CT molecular complexity index is 800. The van der Waals surface area contributed by atoms with E-state index in [1.54, 1.807) is 13.0 Å². The number of carbonyl (C=O) groups is 1. The Kier molecular flexibility index (Phi) is 5.11. The molecule has 0 saturated heterocycles. The molecule has 1 fully saturated rings. The van der Waals surface area contributed by atoms with Crippen molar-refractivity contribution in [3.63, 3.8) is 0 Å². The van der Waals surface area contributed by atoms with E-state index in [1.807, 2.05) is 0 Å². The van der Waals surface area contributed by atoms with Gasteiger partial charge in [-0.25, -0.2) is 9.07 Å². The summed E-state index contributed by atoms with van der Waals surface area (Å²) in [6.45, 7) is 2.18. The average molecular weight is 345 g/mol. The third kappa shape index (κ3) is 4.65. The first-order valence-electron chi connectivity index (χ1n) is 8.31. The maximum absolute atomic E-state index is 12.9. The number of halogens is 1. The molecule has 1 heterocycles. The third-order valence-electron chi connectivity index (χ3n) is 4.00. The molecule has 6 nitrogen and oxygen atoms in total. The summed E-state index contributed by atoms with van der Waals surface area (Å²) >= 11 is 0. The van der Waals surface area contributed by atoms with Gasteiger partial charge in [-0.05, 0) is 50.1 Å². The van der Waals surface area contributed by atoms with Crippen molar-refractivity contribution in [2.45, 2.75) is 38.3 Å². The molecule has 132 valence electrons. The van der Waals surface area contributed by atoms with Crippen molar-refractivity contribution in [1.82, 2.24) is 15.1 Å². The fourth-order valence-corrected chi connectivity index (χ4v) is 2.42. The van der Waals surface area contributed by atoms with Crippen molar-refractivity contribution in [3.8, 4) is 5.75 Å². The number of amides is 1. The first kappa shape index (κ1) is 17.1. The highest BCUT2D eigenvalue weighted by molar-refractivity contribution is 5.80. The monoisotopic (exact) mass is 345 g/mol. The molecule has 7 heteroatoms. The van der Waals surface area contributed by atoms with Gasteiger partial charge < -0.3 is 10.1 Å². The quantitative estimate of drug-likeness (QED) is 0.831. The Balaban J connectivity index is 1.49. The van der Waals surface area contributed by atoms with E-state index in [0.717, 1.165) is 18.5 Å². The molecular formula is C18H20FN3O3. The van der Waals surface area contributed by atoms with Crippen LogP contribution >= 0.6 is 0 Å². The number of ether oxygens (including phenoxy) is 1. The summed E-state index contributed by atoms with van der Waals surface area (Å²) in [5.74, 6) is 0.205. The van der Waals surface area contributed by atoms with Crippen molar-refractivity contribution in [2.75, 3.05) is 6.54 Å².